The number of nitrogens with zero attached hydrogens (tertiary/aromatic N) is 1. The SMILES string of the molecule is O=CC[C@H](O)C[C@H](O)/C=C/c1cc2c(-c3ccc(F)cc3)cccc2nc1C1CC1. The zero-order chi connectivity index (χ0) is 21.1. The van der Waals surface area contributed by atoms with E-state index in [0.717, 1.165) is 46.1 Å². The number of carbonyl (C=O) groups is 1. The van der Waals surface area contributed by atoms with E-state index in [1.54, 1.807) is 18.2 Å². The van der Waals surface area contributed by atoms with Gasteiger partial charge in [0.25, 0.3) is 0 Å². The predicted molar refractivity (Wildman–Crippen MR) is 115 cm³/mol. The van der Waals surface area contributed by atoms with Crippen molar-refractivity contribution in [2.75, 3.05) is 0 Å². The van der Waals surface area contributed by atoms with Crippen LogP contribution in [0.4, 0.5) is 4.39 Å². The van der Waals surface area contributed by atoms with Gasteiger partial charge in [0, 0.05) is 24.1 Å². The number of hydrogen-bond donors (Lipinski definition) is 2. The van der Waals surface area contributed by atoms with Crippen molar-refractivity contribution in [2.24, 2.45) is 0 Å². The lowest BCUT2D eigenvalue weighted by atomic mass is 9.97. The lowest BCUT2D eigenvalue weighted by Crippen LogP contribution is -2.16. The summed E-state index contributed by atoms with van der Waals surface area (Å²) in [6, 6.07) is 14.4. The maximum absolute atomic E-state index is 13.4. The van der Waals surface area contributed by atoms with Gasteiger partial charge in [0.1, 0.15) is 12.1 Å². The van der Waals surface area contributed by atoms with E-state index in [1.807, 2.05) is 24.3 Å². The van der Waals surface area contributed by atoms with E-state index in [1.165, 1.54) is 12.1 Å². The normalized spacial score (nSPS) is 16.1. The second-order valence-electron chi connectivity index (χ2n) is 7.83. The van der Waals surface area contributed by atoms with Crippen molar-refractivity contribution in [3.05, 3.63) is 71.7 Å². The van der Waals surface area contributed by atoms with E-state index in [4.69, 9.17) is 4.98 Å². The third-order valence-corrected chi connectivity index (χ3v) is 5.42. The van der Waals surface area contributed by atoms with Crippen molar-refractivity contribution in [1.29, 1.82) is 0 Å². The number of pyridine rings is 1. The molecular formula is C25H24FNO3. The second kappa shape index (κ2) is 8.86. The van der Waals surface area contributed by atoms with Crippen molar-refractivity contribution in [3.8, 4) is 11.1 Å². The van der Waals surface area contributed by atoms with Crippen LogP contribution in [-0.2, 0) is 4.79 Å². The molecule has 1 aromatic heterocycles. The van der Waals surface area contributed by atoms with E-state index in [9.17, 15) is 19.4 Å². The van der Waals surface area contributed by atoms with Crippen LogP contribution in [0.2, 0.25) is 0 Å². The Morgan fingerprint density at radius 3 is 2.60 bits per heavy atom. The number of hydrogen-bond acceptors (Lipinski definition) is 4. The van der Waals surface area contributed by atoms with E-state index in [2.05, 4.69) is 6.07 Å². The molecule has 154 valence electrons. The zero-order valence-electron chi connectivity index (χ0n) is 16.5. The minimum Gasteiger partial charge on any atom is -0.393 e. The Labute approximate surface area is 174 Å². The monoisotopic (exact) mass is 405 g/mol. The van der Waals surface area contributed by atoms with Crippen LogP contribution in [0.5, 0.6) is 0 Å². The van der Waals surface area contributed by atoms with Crippen LogP contribution in [0.25, 0.3) is 28.1 Å². The summed E-state index contributed by atoms with van der Waals surface area (Å²) >= 11 is 0. The molecule has 4 rings (SSSR count). The standard InChI is InChI=1S/C25H24FNO3/c26-19-9-6-16(7-10-19)22-2-1-3-24-23(22)14-18(25(27-24)17-4-5-17)8-11-20(29)15-21(30)12-13-28/h1-3,6-11,13-14,17,20-21,29-30H,4-5,12,15H2/b11-8+/t20-,21+/m1/s1. The highest BCUT2D eigenvalue weighted by Crippen LogP contribution is 2.42. The zero-order valence-corrected chi connectivity index (χ0v) is 16.5. The molecule has 0 unspecified atom stereocenters. The van der Waals surface area contributed by atoms with Crippen LogP contribution in [-0.4, -0.2) is 33.7 Å². The number of aliphatic hydroxyl groups is 2. The molecular weight excluding hydrogens is 381 g/mol. The highest BCUT2D eigenvalue weighted by molar-refractivity contribution is 5.96. The Bertz CT molecular complexity index is 1070. The Morgan fingerprint density at radius 1 is 1.13 bits per heavy atom. The van der Waals surface area contributed by atoms with Gasteiger partial charge in [0.15, 0.2) is 0 Å². The number of fused-ring (bicyclic) bond motifs is 1. The molecule has 0 aliphatic heterocycles. The molecule has 0 bridgehead atoms. The van der Waals surface area contributed by atoms with E-state index < -0.39 is 12.2 Å². The van der Waals surface area contributed by atoms with Gasteiger partial charge in [-0.25, -0.2) is 4.39 Å². The fourth-order valence-corrected chi connectivity index (χ4v) is 3.70. The summed E-state index contributed by atoms with van der Waals surface area (Å²) in [6.07, 6.45) is 4.74. The van der Waals surface area contributed by atoms with Gasteiger partial charge in [-0.2, -0.15) is 0 Å². The molecule has 5 heteroatoms. The summed E-state index contributed by atoms with van der Waals surface area (Å²) in [7, 11) is 0. The molecule has 30 heavy (non-hydrogen) atoms. The van der Waals surface area contributed by atoms with Gasteiger partial charge in [0.05, 0.1) is 23.4 Å². The largest absolute Gasteiger partial charge is 0.393 e. The van der Waals surface area contributed by atoms with E-state index >= 15 is 0 Å². The average Bonchev–Trinajstić information content (AvgIpc) is 3.57. The number of benzene rings is 2. The van der Waals surface area contributed by atoms with Crippen molar-refractivity contribution in [1.82, 2.24) is 4.98 Å². The summed E-state index contributed by atoms with van der Waals surface area (Å²) in [5, 5.41) is 20.9. The molecule has 0 radical (unpaired) electrons. The number of rotatable bonds is 8. The second-order valence-corrected chi connectivity index (χ2v) is 7.83. The molecule has 3 aromatic rings. The summed E-state index contributed by atoms with van der Waals surface area (Å²) in [5.41, 5.74) is 4.71. The number of aromatic nitrogens is 1. The van der Waals surface area contributed by atoms with Crippen LogP contribution in [0.1, 0.15) is 42.9 Å². The van der Waals surface area contributed by atoms with E-state index in [0.29, 0.717) is 12.2 Å². The molecule has 1 aliphatic rings. The van der Waals surface area contributed by atoms with Gasteiger partial charge in [-0.3, -0.25) is 4.98 Å². The molecule has 1 fully saturated rings. The Balaban J connectivity index is 1.72. The summed E-state index contributed by atoms with van der Waals surface area (Å²) in [5.74, 6) is 0.142. The molecule has 2 aromatic carbocycles. The molecule has 2 atom stereocenters. The molecule has 0 spiro atoms. The molecule has 0 saturated heterocycles. The molecule has 0 amide bonds. The van der Waals surface area contributed by atoms with Crippen LogP contribution < -0.4 is 0 Å². The smallest absolute Gasteiger partial charge is 0.123 e. The van der Waals surface area contributed by atoms with Crippen LogP contribution in [0.3, 0.4) is 0 Å². The van der Waals surface area contributed by atoms with Crippen molar-refractivity contribution >= 4 is 23.3 Å². The Morgan fingerprint density at radius 2 is 1.90 bits per heavy atom. The van der Waals surface area contributed by atoms with Crippen LogP contribution in [0, 0.1) is 5.82 Å². The van der Waals surface area contributed by atoms with Crippen molar-refractivity contribution in [3.63, 3.8) is 0 Å². The fraction of sp³-hybridized carbons (Fsp3) is 0.280. The van der Waals surface area contributed by atoms with Crippen molar-refractivity contribution < 1.29 is 19.4 Å². The third kappa shape index (κ3) is 4.64. The predicted octanol–water partition coefficient (Wildman–Crippen LogP) is 4.63. The minimum absolute atomic E-state index is 0.0107. The highest BCUT2D eigenvalue weighted by atomic mass is 19.1. The van der Waals surface area contributed by atoms with Gasteiger partial charge < -0.3 is 15.0 Å². The topological polar surface area (TPSA) is 70.4 Å². The third-order valence-electron chi connectivity index (χ3n) is 5.42. The van der Waals surface area contributed by atoms with Gasteiger partial charge in [-0.05, 0) is 53.8 Å². The summed E-state index contributed by atoms with van der Waals surface area (Å²) in [6.45, 7) is 0. The quantitative estimate of drug-likeness (QED) is 0.536. The maximum Gasteiger partial charge on any atom is 0.123 e. The highest BCUT2D eigenvalue weighted by Gasteiger charge is 2.27. The first-order valence-corrected chi connectivity index (χ1v) is 10.2. The van der Waals surface area contributed by atoms with Gasteiger partial charge in [-0.15, -0.1) is 0 Å². The number of aldehydes is 1. The number of carbonyl (C=O) groups excluding carboxylic acids is 1. The first-order valence-electron chi connectivity index (χ1n) is 10.2. The molecule has 1 saturated carbocycles. The van der Waals surface area contributed by atoms with Crippen molar-refractivity contribution in [2.45, 2.75) is 43.8 Å². The average molecular weight is 405 g/mol. The number of halogens is 1. The molecule has 1 heterocycles. The first kappa shape index (κ1) is 20.4. The van der Waals surface area contributed by atoms with E-state index in [-0.39, 0.29) is 18.7 Å². The van der Waals surface area contributed by atoms with Gasteiger partial charge >= 0.3 is 0 Å². The summed E-state index contributed by atoms with van der Waals surface area (Å²) < 4.78 is 13.4. The minimum atomic E-state index is -0.857. The molecule has 1 aliphatic carbocycles. The van der Waals surface area contributed by atoms with Crippen LogP contribution >= 0.6 is 0 Å². The lowest BCUT2D eigenvalue weighted by molar-refractivity contribution is -0.109. The summed E-state index contributed by atoms with van der Waals surface area (Å²) in [4.78, 5) is 15.4. The first-order chi connectivity index (χ1) is 14.5. The number of aliphatic hydroxyl groups excluding tert-OH is 2. The maximum atomic E-state index is 13.4. The van der Waals surface area contributed by atoms with Gasteiger partial charge in [0.2, 0.25) is 0 Å². The van der Waals surface area contributed by atoms with Crippen LogP contribution in [0.15, 0.2) is 54.6 Å². The molecule has 2 N–H and O–H groups in total. The molecule has 4 nitrogen and oxygen atoms in total. The Kier molecular flexibility index (Phi) is 6.02. The lowest BCUT2D eigenvalue weighted by Gasteiger charge is -2.13. The van der Waals surface area contributed by atoms with Gasteiger partial charge in [-0.1, -0.05) is 36.4 Å². The fourth-order valence-electron chi connectivity index (χ4n) is 3.70. The Hall–Kier alpha value is -2.89.